The van der Waals surface area contributed by atoms with Crippen molar-refractivity contribution in [3.8, 4) is 17.6 Å². The number of methoxy groups -OCH3 is 1. The lowest BCUT2D eigenvalue weighted by Gasteiger charge is -2.08. The van der Waals surface area contributed by atoms with Gasteiger partial charge in [-0.1, -0.05) is 37.9 Å². The second-order valence-corrected chi connectivity index (χ2v) is 6.51. The average molecular weight is 452 g/mol. The number of nitrogens with one attached hydrogen (secondary N) is 1. The third kappa shape index (κ3) is 4.37. The van der Waals surface area contributed by atoms with E-state index in [1.807, 2.05) is 12.1 Å². The highest BCUT2D eigenvalue weighted by Gasteiger charge is 2.14. The normalized spacial score (nSPS) is 10.8. The zero-order valence-electron chi connectivity index (χ0n) is 12.5. The van der Waals surface area contributed by atoms with Crippen LogP contribution in [0.3, 0.4) is 0 Å². The Hall–Kier alpha value is -2.30. The quantitative estimate of drug-likeness (QED) is 0.530. The molecule has 7 heteroatoms. The lowest BCUT2D eigenvalue weighted by molar-refractivity contribution is -0.112. The molecule has 2 N–H and O–H groups in total. The molecule has 0 saturated heterocycles. The van der Waals surface area contributed by atoms with Gasteiger partial charge in [0, 0.05) is 20.2 Å². The molecule has 0 bridgehead atoms. The van der Waals surface area contributed by atoms with Gasteiger partial charge in [-0.15, -0.1) is 0 Å². The first-order valence-electron chi connectivity index (χ1n) is 6.70. The van der Waals surface area contributed by atoms with Gasteiger partial charge in [0.25, 0.3) is 5.91 Å². The summed E-state index contributed by atoms with van der Waals surface area (Å²) in [5.41, 5.74) is 0.694. The minimum absolute atomic E-state index is 0.148. The number of nitriles is 1. The SMILES string of the molecule is COc1cc(Br)cc(/C=C(/C#N)C(=O)Nc2cccc(Br)c2)c1O. The molecule has 0 aromatic heterocycles. The second kappa shape index (κ2) is 7.99. The van der Waals surface area contributed by atoms with Gasteiger partial charge in [-0.05, 0) is 36.4 Å². The molecule has 1 amide bonds. The van der Waals surface area contributed by atoms with Crippen molar-refractivity contribution >= 4 is 49.5 Å². The van der Waals surface area contributed by atoms with Crippen LogP contribution in [0.15, 0.2) is 50.9 Å². The summed E-state index contributed by atoms with van der Waals surface area (Å²) in [5, 5.41) is 22.0. The van der Waals surface area contributed by atoms with Crippen LogP contribution in [0.2, 0.25) is 0 Å². The van der Waals surface area contributed by atoms with Gasteiger partial charge in [0.15, 0.2) is 11.5 Å². The maximum absolute atomic E-state index is 12.3. The number of carbonyl (C=O) groups is 1. The highest BCUT2D eigenvalue weighted by Crippen LogP contribution is 2.34. The van der Waals surface area contributed by atoms with Gasteiger partial charge >= 0.3 is 0 Å². The fourth-order valence-corrected chi connectivity index (χ4v) is 2.78. The number of ether oxygens (including phenoxy) is 1. The van der Waals surface area contributed by atoms with Gasteiger partial charge in [0.1, 0.15) is 11.6 Å². The van der Waals surface area contributed by atoms with Crippen molar-refractivity contribution in [2.45, 2.75) is 0 Å². The van der Waals surface area contributed by atoms with E-state index in [-0.39, 0.29) is 17.1 Å². The molecule has 2 rings (SSSR count). The Morgan fingerprint density at radius 1 is 1.29 bits per heavy atom. The number of carbonyl (C=O) groups excluding carboxylic acids is 1. The summed E-state index contributed by atoms with van der Waals surface area (Å²) < 4.78 is 6.50. The molecule has 0 spiro atoms. The number of phenolic OH excluding ortho intramolecular Hbond substituents is 1. The molecule has 24 heavy (non-hydrogen) atoms. The number of rotatable bonds is 4. The van der Waals surface area contributed by atoms with Gasteiger partial charge in [0.05, 0.1) is 7.11 Å². The van der Waals surface area contributed by atoms with Crippen molar-refractivity contribution in [2.75, 3.05) is 12.4 Å². The highest BCUT2D eigenvalue weighted by molar-refractivity contribution is 9.10. The van der Waals surface area contributed by atoms with Gasteiger partial charge in [0.2, 0.25) is 0 Å². The van der Waals surface area contributed by atoms with E-state index in [0.717, 1.165) is 4.47 Å². The van der Waals surface area contributed by atoms with Crippen molar-refractivity contribution in [1.82, 2.24) is 0 Å². The van der Waals surface area contributed by atoms with E-state index in [9.17, 15) is 15.2 Å². The molecule has 0 aliphatic heterocycles. The van der Waals surface area contributed by atoms with E-state index >= 15 is 0 Å². The first-order chi connectivity index (χ1) is 11.4. The first kappa shape index (κ1) is 18.0. The summed E-state index contributed by atoms with van der Waals surface area (Å²) in [6.07, 6.45) is 1.30. The topological polar surface area (TPSA) is 82.3 Å². The third-order valence-electron chi connectivity index (χ3n) is 3.04. The number of phenols is 1. The molecular formula is C17H12Br2N2O3. The van der Waals surface area contributed by atoms with Crippen LogP contribution < -0.4 is 10.1 Å². The van der Waals surface area contributed by atoms with E-state index in [1.165, 1.54) is 13.2 Å². The largest absolute Gasteiger partial charge is 0.504 e. The van der Waals surface area contributed by atoms with Crippen LogP contribution in [0.1, 0.15) is 5.56 Å². The number of aromatic hydroxyl groups is 1. The van der Waals surface area contributed by atoms with Crippen molar-refractivity contribution in [2.24, 2.45) is 0 Å². The van der Waals surface area contributed by atoms with E-state index in [1.54, 1.807) is 30.3 Å². The number of hydrogen-bond acceptors (Lipinski definition) is 4. The van der Waals surface area contributed by atoms with Crippen LogP contribution >= 0.6 is 31.9 Å². The van der Waals surface area contributed by atoms with Crippen LogP contribution in [0.4, 0.5) is 5.69 Å². The van der Waals surface area contributed by atoms with Gasteiger partial charge in [-0.2, -0.15) is 5.26 Å². The number of nitrogens with zero attached hydrogens (tertiary/aromatic N) is 1. The Kier molecular flexibility index (Phi) is 6.01. The molecule has 0 atom stereocenters. The Bertz CT molecular complexity index is 857. The lowest BCUT2D eigenvalue weighted by atomic mass is 10.1. The zero-order valence-corrected chi connectivity index (χ0v) is 15.7. The fourth-order valence-electron chi connectivity index (χ4n) is 1.93. The number of hydrogen-bond donors (Lipinski definition) is 2. The smallest absolute Gasteiger partial charge is 0.266 e. The van der Waals surface area contributed by atoms with E-state index < -0.39 is 5.91 Å². The van der Waals surface area contributed by atoms with Crippen LogP contribution in [0, 0.1) is 11.3 Å². The molecule has 0 aliphatic rings. The minimum atomic E-state index is -0.575. The van der Waals surface area contributed by atoms with Crippen LogP contribution in [-0.4, -0.2) is 18.1 Å². The maximum atomic E-state index is 12.3. The summed E-state index contributed by atoms with van der Waals surface area (Å²) in [7, 11) is 1.42. The van der Waals surface area contributed by atoms with Gasteiger partial charge in [-0.25, -0.2) is 0 Å². The molecule has 0 heterocycles. The third-order valence-corrected chi connectivity index (χ3v) is 3.99. The molecule has 2 aromatic rings. The summed E-state index contributed by atoms with van der Waals surface area (Å²) in [5.74, 6) is -0.488. The van der Waals surface area contributed by atoms with E-state index in [4.69, 9.17) is 4.74 Å². The van der Waals surface area contributed by atoms with Crippen molar-refractivity contribution in [3.63, 3.8) is 0 Å². The molecule has 122 valence electrons. The van der Waals surface area contributed by atoms with Crippen molar-refractivity contribution < 1.29 is 14.6 Å². The molecule has 0 radical (unpaired) electrons. The average Bonchev–Trinajstić information content (AvgIpc) is 2.55. The Labute approximate surface area is 155 Å². The summed E-state index contributed by atoms with van der Waals surface area (Å²) in [6.45, 7) is 0. The Balaban J connectivity index is 2.34. The van der Waals surface area contributed by atoms with E-state index in [0.29, 0.717) is 15.7 Å². The molecular weight excluding hydrogens is 440 g/mol. The molecule has 2 aromatic carbocycles. The second-order valence-electron chi connectivity index (χ2n) is 4.68. The Morgan fingerprint density at radius 3 is 2.67 bits per heavy atom. The van der Waals surface area contributed by atoms with E-state index in [2.05, 4.69) is 37.2 Å². The molecule has 0 fully saturated rings. The van der Waals surface area contributed by atoms with Crippen LogP contribution in [-0.2, 0) is 4.79 Å². The van der Waals surface area contributed by atoms with Crippen LogP contribution in [0.25, 0.3) is 6.08 Å². The summed E-state index contributed by atoms with van der Waals surface area (Å²) >= 11 is 6.60. The highest BCUT2D eigenvalue weighted by atomic mass is 79.9. The Morgan fingerprint density at radius 2 is 2.04 bits per heavy atom. The molecule has 5 nitrogen and oxygen atoms in total. The molecule has 0 saturated carbocycles. The number of anilines is 1. The minimum Gasteiger partial charge on any atom is -0.504 e. The van der Waals surface area contributed by atoms with Gasteiger partial charge in [-0.3, -0.25) is 4.79 Å². The van der Waals surface area contributed by atoms with Gasteiger partial charge < -0.3 is 15.2 Å². The summed E-state index contributed by atoms with van der Waals surface area (Å²) in [6, 6.07) is 12.0. The monoisotopic (exact) mass is 450 g/mol. The molecule has 0 aliphatic carbocycles. The molecule has 0 unspecified atom stereocenters. The van der Waals surface area contributed by atoms with Crippen molar-refractivity contribution in [3.05, 3.63) is 56.5 Å². The predicted octanol–water partition coefficient (Wildman–Crippen LogP) is 4.47. The van der Waals surface area contributed by atoms with Crippen molar-refractivity contribution in [1.29, 1.82) is 5.26 Å². The van der Waals surface area contributed by atoms with Crippen LogP contribution in [0.5, 0.6) is 11.5 Å². The maximum Gasteiger partial charge on any atom is 0.266 e. The fraction of sp³-hybridized carbons (Fsp3) is 0.0588. The number of amides is 1. The standard InChI is InChI=1S/C17H12Br2N2O3/c1-24-15-8-13(19)6-10(16(15)22)5-11(9-20)17(23)21-14-4-2-3-12(18)7-14/h2-8,22H,1H3,(H,21,23)/b11-5-. The summed E-state index contributed by atoms with van der Waals surface area (Å²) in [4.78, 5) is 12.3. The predicted molar refractivity (Wildman–Crippen MR) is 98.7 cm³/mol. The zero-order chi connectivity index (χ0) is 17.7. The lowest BCUT2D eigenvalue weighted by Crippen LogP contribution is -2.13. The first-order valence-corrected chi connectivity index (χ1v) is 8.28. The number of benzene rings is 2. The number of halogens is 2.